The van der Waals surface area contributed by atoms with Crippen molar-refractivity contribution < 1.29 is 4.79 Å². The minimum Gasteiger partial charge on any atom is -0.350 e. The molecule has 0 aliphatic rings. The van der Waals surface area contributed by atoms with Gasteiger partial charge in [0, 0.05) is 10.9 Å². The van der Waals surface area contributed by atoms with E-state index in [4.69, 9.17) is 0 Å². The number of hydrogen-bond donors (Lipinski definition) is 2. The quantitative estimate of drug-likeness (QED) is 0.748. The van der Waals surface area contributed by atoms with Gasteiger partial charge in [-0.25, -0.2) is 0 Å². The number of aromatic nitrogens is 1. The Labute approximate surface area is 124 Å². The summed E-state index contributed by atoms with van der Waals surface area (Å²) in [6, 6.07) is 17.9. The van der Waals surface area contributed by atoms with Crippen molar-refractivity contribution in [3.63, 3.8) is 0 Å². The van der Waals surface area contributed by atoms with Crippen molar-refractivity contribution in [2.24, 2.45) is 0 Å². The van der Waals surface area contributed by atoms with Gasteiger partial charge in [-0.1, -0.05) is 48.5 Å². The summed E-state index contributed by atoms with van der Waals surface area (Å²) < 4.78 is 0. The average molecular weight is 278 g/mol. The Hall–Kier alpha value is -2.55. The van der Waals surface area contributed by atoms with E-state index in [1.807, 2.05) is 68.4 Å². The molecule has 1 unspecified atom stereocenters. The normalized spacial score (nSPS) is 12.3. The zero-order chi connectivity index (χ0) is 14.8. The molecule has 106 valence electrons. The first-order chi connectivity index (χ1) is 10.2. The van der Waals surface area contributed by atoms with E-state index >= 15 is 0 Å². The molecule has 0 aliphatic heterocycles. The molecule has 0 saturated carbocycles. The lowest BCUT2D eigenvalue weighted by molar-refractivity contribution is 0.0935. The van der Waals surface area contributed by atoms with Gasteiger partial charge in [0.1, 0.15) is 5.69 Å². The van der Waals surface area contributed by atoms with Crippen LogP contribution in [-0.2, 0) is 0 Å². The molecule has 2 N–H and O–H groups in total. The van der Waals surface area contributed by atoms with Crippen LogP contribution in [0.4, 0.5) is 0 Å². The number of aromatic amines is 1. The Kier molecular flexibility index (Phi) is 3.48. The van der Waals surface area contributed by atoms with Crippen LogP contribution in [0.2, 0.25) is 0 Å². The molecule has 2 aromatic carbocycles. The number of aryl methyl sites for hydroxylation is 1. The molecule has 0 bridgehead atoms. The topological polar surface area (TPSA) is 44.9 Å². The molecule has 0 saturated heterocycles. The van der Waals surface area contributed by atoms with Gasteiger partial charge in [0.2, 0.25) is 0 Å². The summed E-state index contributed by atoms with van der Waals surface area (Å²) in [4.78, 5) is 15.7. The monoisotopic (exact) mass is 278 g/mol. The molecule has 0 spiro atoms. The Bertz CT molecular complexity index is 774. The van der Waals surface area contributed by atoms with Crippen LogP contribution in [0.3, 0.4) is 0 Å². The standard InChI is InChI=1S/C18H18N2O/c1-12-15-10-6-7-11-16(15)20-17(12)18(21)19-13(2)14-8-4-3-5-9-14/h3-11,13,20H,1-2H3,(H,19,21). The molecular formula is C18H18N2O. The average Bonchev–Trinajstić information content (AvgIpc) is 2.86. The third kappa shape index (κ3) is 2.55. The number of rotatable bonds is 3. The van der Waals surface area contributed by atoms with Gasteiger partial charge in [0.15, 0.2) is 0 Å². The van der Waals surface area contributed by atoms with E-state index in [2.05, 4.69) is 10.3 Å². The van der Waals surface area contributed by atoms with Crippen molar-refractivity contribution in [3.8, 4) is 0 Å². The predicted octanol–water partition coefficient (Wildman–Crippen LogP) is 3.97. The van der Waals surface area contributed by atoms with Crippen LogP contribution in [0.1, 0.15) is 34.6 Å². The number of nitrogens with one attached hydrogen (secondary N) is 2. The van der Waals surface area contributed by atoms with E-state index in [1.54, 1.807) is 0 Å². The minimum atomic E-state index is -0.0694. The highest BCUT2D eigenvalue weighted by Crippen LogP contribution is 2.22. The Morgan fingerprint density at radius 2 is 1.71 bits per heavy atom. The summed E-state index contributed by atoms with van der Waals surface area (Å²) in [6.07, 6.45) is 0. The highest BCUT2D eigenvalue weighted by Gasteiger charge is 2.16. The second-order valence-corrected chi connectivity index (χ2v) is 5.28. The maximum Gasteiger partial charge on any atom is 0.268 e. The lowest BCUT2D eigenvalue weighted by atomic mass is 10.1. The van der Waals surface area contributed by atoms with Gasteiger partial charge in [0.05, 0.1) is 6.04 Å². The van der Waals surface area contributed by atoms with Crippen LogP contribution in [0.5, 0.6) is 0 Å². The van der Waals surface area contributed by atoms with Gasteiger partial charge in [-0.3, -0.25) is 4.79 Å². The zero-order valence-electron chi connectivity index (χ0n) is 12.2. The van der Waals surface area contributed by atoms with Crippen LogP contribution in [0, 0.1) is 6.92 Å². The van der Waals surface area contributed by atoms with Crippen molar-refractivity contribution >= 4 is 16.8 Å². The minimum absolute atomic E-state index is 0.0236. The summed E-state index contributed by atoms with van der Waals surface area (Å²) in [5.74, 6) is -0.0694. The summed E-state index contributed by atoms with van der Waals surface area (Å²) in [5, 5.41) is 4.14. The fourth-order valence-electron chi connectivity index (χ4n) is 2.60. The smallest absolute Gasteiger partial charge is 0.268 e. The van der Waals surface area contributed by atoms with Crippen LogP contribution in [-0.4, -0.2) is 10.9 Å². The number of H-pyrrole nitrogens is 1. The first-order valence-electron chi connectivity index (χ1n) is 7.10. The van der Waals surface area contributed by atoms with Crippen molar-refractivity contribution in [2.45, 2.75) is 19.9 Å². The van der Waals surface area contributed by atoms with Crippen molar-refractivity contribution in [1.82, 2.24) is 10.3 Å². The molecule has 3 aromatic rings. The fraction of sp³-hybridized carbons (Fsp3) is 0.167. The molecular weight excluding hydrogens is 260 g/mol. The zero-order valence-corrected chi connectivity index (χ0v) is 12.2. The number of fused-ring (bicyclic) bond motifs is 1. The SMILES string of the molecule is Cc1c(C(=O)NC(C)c2ccccc2)[nH]c2ccccc12. The van der Waals surface area contributed by atoms with Gasteiger partial charge in [0.25, 0.3) is 5.91 Å². The molecule has 21 heavy (non-hydrogen) atoms. The van der Waals surface area contributed by atoms with E-state index in [1.165, 1.54) is 0 Å². The largest absolute Gasteiger partial charge is 0.350 e. The first-order valence-corrected chi connectivity index (χ1v) is 7.10. The number of hydrogen-bond acceptors (Lipinski definition) is 1. The number of carbonyl (C=O) groups is 1. The third-order valence-corrected chi connectivity index (χ3v) is 3.84. The summed E-state index contributed by atoms with van der Waals surface area (Å²) in [6.45, 7) is 3.96. The first kappa shape index (κ1) is 13.4. The van der Waals surface area contributed by atoms with Crippen molar-refractivity contribution in [1.29, 1.82) is 0 Å². The number of carbonyl (C=O) groups excluding carboxylic acids is 1. The van der Waals surface area contributed by atoms with Crippen LogP contribution >= 0.6 is 0 Å². The molecule has 0 fully saturated rings. The molecule has 3 heteroatoms. The van der Waals surface area contributed by atoms with E-state index < -0.39 is 0 Å². The molecule has 3 rings (SSSR count). The maximum absolute atomic E-state index is 12.5. The lowest BCUT2D eigenvalue weighted by Crippen LogP contribution is -2.27. The van der Waals surface area contributed by atoms with Crippen molar-refractivity contribution in [2.75, 3.05) is 0 Å². The van der Waals surface area contributed by atoms with Crippen LogP contribution < -0.4 is 5.32 Å². The molecule has 1 amide bonds. The van der Waals surface area contributed by atoms with E-state index in [0.29, 0.717) is 5.69 Å². The fourth-order valence-corrected chi connectivity index (χ4v) is 2.60. The van der Waals surface area contributed by atoms with Crippen LogP contribution in [0.15, 0.2) is 54.6 Å². The van der Waals surface area contributed by atoms with Crippen molar-refractivity contribution in [3.05, 3.63) is 71.4 Å². The Morgan fingerprint density at radius 1 is 1.05 bits per heavy atom. The summed E-state index contributed by atoms with van der Waals surface area (Å²) >= 11 is 0. The molecule has 1 atom stereocenters. The molecule has 0 radical (unpaired) electrons. The number of amides is 1. The van der Waals surface area contributed by atoms with E-state index in [-0.39, 0.29) is 11.9 Å². The van der Waals surface area contributed by atoms with Gasteiger partial charge in [-0.2, -0.15) is 0 Å². The molecule has 1 aromatic heterocycles. The Morgan fingerprint density at radius 3 is 2.43 bits per heavy atom. The second-order valence-electron chi connectivity index (χ2n) is 5.28. The number of para-hydroxylation sites is 1. The highest BCUT2D eigenvalue weighted by atomic mass is 16.1. The van der Waals surface area contributed by atoms with Gasteiger partial charge in [-0.15, -0.1) is 0 Å². The van der Waals surface area contributed by atoms with Crippen LogP contribution in [0.25, 0.3) is 10.9 Å². The highest BCUT2D eigenvalue weighted by molar-refractivity contribution is 6.01. The lowest BCUT2D eigenvalue weighted by Gasteiger charge is -2.14. The van der Waals surface area contributed by atoms with Gasteiger partial charge >= 0.3 is 0 Å². The molecule has 1 heterocycles. The number of benzene rings is 2. The van der Waals surface area contributed by atoms with Gasteiger partial charge in [-0.05, 0) is 31.0 Å². The van der Waals surface area contributed by atoms with Gasteiger partial charge < -0.3 is 10.3 Å². The molecule has 0 aliphatic carbocycles. The van der Waals surface area contributed by atoms with E-state index in [0.717, 1.165) is 22.0 Å². The van der Waals surface area contributed by atoms with E-state index in [9.17, 15) is 4.79 Å². The third-order valence-electron chi connectivity index (χ3n) is 3.84. The maximum atomic E-state index is 12.5. The molecule has 3 nitrogen and oxygen atoms in total. The summed E-state index contributed by atoms with van der Waals surface area (Å²) in [7, 11) is 0. The predicted molar refractivity (Wildman–Crippen MR) is 85.4 cm³/mol. The summed E-state index contributed by atoms with van der Waals surface area (Å²) in [5.41, 5.74) is 3.72. The Balaban J connectivity index is 1.86. The second kappa shape index (κ2) is 5.44.